The van der Waals surface area contributed by atoms with E-state index in [1.807, 2.05) is 54.6 Å². The Kier molecular flexibility index (Phi) is 6.18. The molecule has 118 valence electrons. The van der Waals surface area contributed by atoms with E-state index in [1.165, 1.54) is 0 Å². The van der Waals surface area contributed by atoms with Crippen molar-refractivity contribution in [2.45, 2.75) is 6.54 Å². The Hall–Kier alpha value is -2.81. The molecule has 0 radical (unpaired) electrons. The Labute approximate surface area is 137 Å². The van der Waals surface area contributed by atoms with E-state index in [0.29, 0.717) is 13.1 Å². The highest BCUT2D eigenvalue weighted by molar-refractivity contribution is 5.92. The molecule has 0 bridgehead atoms. The normalized spacial score (nSPS) is 10.5. The summed E-state index contributed by atoms with van der Waals surface area (Å²) in [5.41, 5.74) is 1.97. The third-order valence-corrected chi connectivity index (χ3v) is 3.42. The number of benzene rings is 2. The van der Waals surface area contributed by atoms with Crippen LogP contribution in [-0.2, 0) is 11.3 Å². The lowest BCUT2D eigenvalue weighted by Gasteiger charge is -2.19. The van der Waals surface area contributed by atoms with Gasteiger partial charge in [0.15, 0.2) is 0 Å². The summed E-state index contributed by atoms with van der Waals surface area (Å²) >= 11 is 0. The standard InChI is InChI=1S/C20H21NO2/c1-3-15-21(16-17-9-5-4-6-10-17)20(22)14-13-18-11-7-8-12-19(18)23-2/h3-14H,1,15-16H2,2H3/b14-13-. The molecule has 23 heavy (non-hydrogen) atoms. The van der Waals surface area contributed by atoms with Gasteiger partial charge in [-0.25, -0.2) is 0 Å². The topological polar surface area (TPSA) is 29.5 Å². The average Bonchev–Trinajstić information content (AvgIpc) is 2.60. The Balaban J connectivity index is 2.11. The summed E-state index contributed by atoms with van der Waals surface area (Å²) in [6.07, 6.45) is 5.09. The molecule has 2 rings (SSSR count). The van der Waals surface area contributed by atoms with Crippen LogP contribution in [0.3, 0.4) is 0 Å². The molecule has 3 nitrogen and oxygen atoms in total. The van der Waals surface area contributed by atoms with E-state index < -0.39 is 0 Å². The number of rotatable bonds is 7. The third-order valence-electron chi connectivity index (χ3n) is 3.42. The van der Waals surface area contributed by atoms with Crippen molar-refractivity contribution >= 4 is 12.0 Å². The minimum atomic E-state index is -0.0559. The number of amides is 1. The summed E-state index contributed by atoms with van der Waals surface area (Å²) in [5.74, 6) is 0.689. The Morgan fingerprint density at radius 1 is 1.13 bits per heavy atom. The van der Waals surface area contributed by atoms with E-state index in [0.717, 1.165) is 16.9 Å². The van der Waals surface area contributed by atoms with Crippen molar-refractivity contribution in [1.29, 1.82) is 0 Å². The predicted octanol–water partition coefficient (Wildman–Crippen LogP) is 3.92. The van der Waals surface area contributed by atoms with Gasteiger partial charge in [-0.2, -0.15) is 0 Å². The third kappa shape index (κ3) is 4.85. The first kappa shape index (κ1) is 16.6. The van der Waals surface area contributed by atoms with E-state index in [4.69, 9.17) is 4.74 Å². The second-order valence-corrected chi connectivity index (χ2v) is 5.07. The van der Waals surface area contributed by atoms with Crippen LogP contribution in [0.2, 0.25) is 0 Å². The van der Waals surface area contributed by atoms with Crippen molar-refractivity contribution in [1.82, 2.24) is 4.90 Å². The minimum Gasteiger partial charge on any atom is -0.496 e. The van der Waals surface area contributed by atoms with Gasteiger partial charge in [-0.05, 0) is 17.7 Å². The van der Waals surface area contributed by atoms with Crippen LogP contribution in [-0.4, -0.2) is 24.5 Å². The number of hydrogen-bond donors (Lipinski definition) is 0. The highest BCUT2D eigenvalue weighted by atomic mass is 16.5. The number of methoxy groups -OCH3 is 1. The summed E-state index contributed by atoms with van der Waals surface area (Å²) in [7, 11) is 1.62. The van der Waals surface area contributed by atoms with E-state index in [-0.39, 0.29) is 5.91 Å². The van der Waals surface area contributed by atoms with Crippen molar-refractivity contribution in [3.63, 3.8) is 0 Å². The molecule has 0 N–H and O–H groups in total. The molecule has 0 unspecified atom stereocenters. The van der Waals surface area contributed by atoms with Crippen LogP contribution in [0.25, 0.3) is 6.08 Å². The van der Waals surface area contributed by atoms with Gasteiger partial charge in [-0.3, -0.25) is 4.79 Å². The first-order chi connectivity index (χ1) is 11.2. The number of carbonyl (C=O) groups excluding carboxylic acids is 1. The maximum absolute atomic E-state index is 12.5. The number of ether oxygens (including phenoxy) is 1. The summed E-state index contributed by atoms with van der Waals surface area (Å²) < 4.78 is 5.29. The van der Waals surface area contributed by atoms with Crippen molar-refractivity contribution in [3.8, 4) is 5.75 Å². The van der Waals surface area contributed by atoms with Crippen molar-refractivity contribution in [2.24, 2.45) is 0 Å². The smallest absolute Gasteiger partial charge is 0.247 e. The lowest BCUT2D eigenvalue weighted by atomic mass is 10.1. The number of nitrogens with zero attached hydrogens (tertiary/aromatic N) is 1. The maximum atomic E-state index is 12.5. The second-order valence-electron chi connectivity index (χ2n) is 5.07. The molecule has 0 fully saturated rings. The number of carbonyl (C=O) groups is 1. The zero-order valence-electron chi connectivity index (χ0n) is 13.3. The second kappa shape index (κ2) is 8.59. The van der Waals surface area contributed by atoms with E-state index in [2.05, 4.69) is 6.58 Å². The predicted molar refractivity (Wildman–Crippen MR) is 94.1 cm³/mol. The van der Waals surface area contributed by atoms with Gasteiger partial charge in [0, 0.05) is 24.7 Å². The van der Waals surface area contributed by atoms with Gasteiger partial charge in [-0.1, -0.05) is 54.6 Å². The molecule has 2 aromatic carbocycles. The molecule has 3 heteroatoms. The lowest BCUT2D eigenvalue weighted by Crippen LogP contribution is -2.29. The monoisotopic (exact) mass is 307 g/mol. The first-order valence-corrected chi connectivity index (χ1v) is 7.49. The molecule has 0 aliphatic carbocycles. The van der Waals surface area contributed by atoms with E-state index in [9.17, 15) is 4.79 Å². The van der Waals surface area contributed by atoms with E-state index in [1.54, 1.807) is 30.2 Å². The molecule has 1 amide bonds. The fourth-order valence-electron chi connectivity index (χ4n) is 2.26. The van der Waals surface area contributed by atoms with Gasteiger partial charge in [0.25, 0.3) is 0 Å². The van der Waals surface area contributed by atoms with Crippen LogP contribution >= 0.6 is 0 Å². The zero-order valence-corrected chi connectivity index (χ0v) is 13.3. The molecule has 0 atom stereocenters. The quantitative estimate of drug-likeness (QED) is 0.573. The summed E-state index contributed by atoms with van der Waals surface area (Å²) in [6, 6.07) is 17.5. The number of hydrogen-bond acceptors (Lipinski definition) is 2. The van der Waals surface area contributed by atoms with Gasteiger partial charge in [0.05, 0.1) is 7.11 Å². The lowest BCUT2D eigenvalue weighted by molar-refractivity contribution is -0.126. The summed E-state index contributed by atoms with van der Waals surface area (Å²) in [6.45, 7) is 4.79. The highest BCUT2D eigenvalue weighted by Gasteiger charge is 2.10. The molecule has 0 aliphatic heterocycles. The molecular weight excluding hydrogens is 286 g/mol. The molecular formula is C20H21NO2. The fraction of sp³-hybridized carbons (Fsp3) is 0.150. The molecule has 0 saturated heterocycles. The van der Waals surface area contributed by atoms with Crippen molar-refractivity contribution in [3.05, 3.63) is 84.5 Å². The van der Waals surface area contributed by atoms with Crippen LogP contribution in [0.15, 0.2) is 73.3 Å². The number of para-hydroxylation sites is 1. The molecule has 0 aliphatic rings. The van der Waals surface area contributed by atoms with Crippen LogP contribution in [0.5, 0.6) is 5.75 Å². The zero-order chi connectivity index (χ0) is 16.5. The minimum absolute atomic E-state index is 0.0559. The molecule has 0 aromatic heterocycles. The van der Waals surface area contributed by atoms with Crippen molar-refractivity contribution in [2.75, 3.05) is 13.7 Å². The van der Waals surface area contributed by atoms with Crippen LogP contribution in [0, 0.1) is 0 Å². The maximum Gasteiger partial charge on any atom is 0.247 e. The van der Waals surface area contributed by atoms with Gasteiger partial charge in [-0.15, -0.1) is 6.58 Å². The van der Waals surface area contributed by atoms with Gasteiger partial charge in [0.2, 0.25) is 5.91 Å². The fourth-order valence-corrected chi connectivity index (χ4v) is 2.26. The largest absolute Gasteiger partial charge is 0.496 e. The average molecular weight is 307 g/mol. The summed E-state index contributed by atoms with van der Waals surface area (Å²) in [4.78, 5) is 14.2. The molecule has 0 heterocycles. The van der Waals surface area contributed by atoms with Gasteiger partial charge < -0.3 is 9.64 Å². The molecule has 0 spiro atoms. The molecule has 0 saturated carbocycles. The highest BCUT2D eigenvalue weighted by Crippen LogP contribution is 2.18. The molecule has 2 aromatic rings. The Morgan fingerprint density at radius 3 is 2.52 bits per heavy atom. The van der Waals surface area contributed by atoms with Gasteiger partial charge >= 0.3 is 0 Å². The van der Waals surface area contributed by atoms with Crippen molar-refractivity contribution < 1.29 is 9.53 Å². The van der Waals surface area contributed by atoms with Crippen LogP contribution in [0.1, 0.15) is 11.1 Å². The van der Waals surface area contributed by atoms with E-state index >= 15 is 0 Å². The summed E-state index contributed by atoms with van der Waals surface area (Å²) in [5, 5.41) is 0. The SMILES string of the molecule is C=CCN(Cc1ccccc1)C(=O)/C=C\c1ccccc1OC. The van der Waals surface area contributed by atoms with Crippen LogP contribution < -0.4 is 4.74 Å². The van der Waals surface area contributed by atoms with Gasteiger partial charge in [0.1, 0.15) is 5.75 Å². The Bertz CT molecular complexity index is 677. The Morgan fingerprint density at radius 2 is 1.83 bits per heavy atom. The van der Waals surface area contributed by atoms with Crippen LogP contribution in [0.4, 0.5) is 0 Å². The first-order valence-electron chi connectivity index (χ1n) is 7.49.